The number of thiazole rings is 1. The molecule has 3 N–H and O–H groups in total. The molecule has 0 radical (unpaired) electrons. The fourth-order valence-corrected chi connectivity index (χ4v) is 6.23. The summed E-state index contributed by atoms with van der Waals surface area (Å²) in [6.45, 7) is 5.08. The van der Waals surface area contributed by atoms with Crippen molar-refractivity contribution in [1.29, 1.82) is 0 Å². The predicted molar refractivity (Wildman–Crippen MR) is 131 cm³/mol. The van der Waals surface area contributed by atoms with Crippen LogP contribution in [0.1, 0.15) is 42.7 Å². The van der Waals surface area contributed by atoms with Crippen LogP contribution in [0.15, 0.2) is 18.2 Å². The van der Waals surface area contributed by atoms with Gasteiger partial charge >= 0.3 is 12.3 Å². The van der Waals surface area contributed by atoms with Gasteiger partial charge in [0.05, 0.1) is 22.3 Å². The number of benzene rings is 1. The monoisotopic (exact) mass is 526 g/mol. The van der Waals surface area contributed by atoms with Gasteiger partial charge in [0.2, 0.25) is 5.91 Å². The van der Waals surface area contributed by atoms with E-state index in [1.165, 1.54) is 33.6 Å². The number of halogens is 3. The summed E-state index contributed by atoms with van der Waals surface area (Å²) < 4.78 is 40.1. The summed E-state index contributed by atoms with van der Waals surface area (Å²) in [7, 11) is 0. The lowest BCUT2D eigenvalue weighted by molar-refractivity contribution is -0.137. The topological polar surface area (TPSA) is 94.6 Å². The van der Waals surface area contributed by atoms with Gasteiger partial charge in [-0.25, -0.2) is 9.78 Å². The van der Waals surface area contributed by atoms with Gasteiger partial charge in [-0.15, -0.1) is 22.7 Å². The zero-order valence-electron chi connectivity index (χ0n) is 19.2. The third kappa shape index (κ3) is 5.60. The zero-order valence-corrected chi connectivity index (χ0v) is 20.8. The third-order valence-electron chi connectivity index (χ3n) is 5.97. The number of hydrogen-bond donors (Lipinski definition) is 3. The van der Waals surface area contributed by atoms with Crippen LogP contribution in [0.25, 0.3) is 20.8 Å². The van der Waals surface area contributed by atoms with E-state index in [0.29, 0.717) is 45.8 Å². The van der Waals surface area contributed by atoms with Gasteiger partial charge in [0, 0.05) is 36.0 Å². The van der Waals surface area contributed by atoms with Crippen molar-refractivity contribution < 1.29 is 27.9 Å². The van der Waals surface area contributed by atoms with Crippen molar-refractivity contribution in [3.8, 4) is 10.6 Å². The van der Waals surface area contributed by atoms with Gasteiger partial charge in [-0.05, 0) is 43.5 Å². The van der Waals surface area contributed by atoms with Crippen molar-refractivity contribution in [3.63, 3.8) is 0 Å². The molecule has 1 aromatic carbocycles. The van der Waals surface area contributed by atoms with Gasteiger partial charge in [0.1, 0.15) is 10.0 Å². The Morgan fingerprint density at radius 2 is 2.06 bits per heavy atom. The third-order valence-corrected chi connectivity index (χ3v) is 8.15. The average Bonchev–Trinajstić information content (AvgIpc) is 3.37. The minimum absolute atomic E-state index is 0.191. The van der Waals surface area contributed by atoms with E-state index in [1.54, 1.807) is 0 Å². The van der Waals surface area contributed by atoms with Crippen LogP contribution < -0.4 is 10.6 Å². The minimum Gasteiger partial charge on any atom is -0.465 e. The molecule has 0 fully saturated rings. The van der Waals surface area contributed by atoms with Crippen LogP contribution in [0.4, 0.5) is 23.0 Å². The average molecular weight is 527 g/mol. The van der Waals surface area contributed by atoms with E-state index in [2.05, 4.69) is 22.5 Å². The highest BCUT2D eigenvalue weighted by atomic mass is 32.1. The van der Waals surface area contributed by atoms with E-state index in [4.69, 9.17) is 0 Å². The number of nitrogens with one attached hydrogen (secondary N) is 2. The number of anilines is 1. The number of nitrogens with zero attached hydrogens (tertiary/aromatic N) is 2. The standard InChI is InChI=1S/C23H25F3N4O3S2/c1-3-12(2)27-8-6-18(31)29-21-19(14-7-9-30(22(32)33)11-17(14)35-21)20-28-15-10-13(23(24,25)26)4-5-16(15)34-20/h4-5,10,12,27H,3,6-9,11H2,1-2H3,(H,29,31)(H,32,33). The molecule has 0 saturated carbocycles. The number of thiophene rings is 1. The minimum atomic E-state index is -4.47. The summed E-state index contributed by atoms with van der Waals surface area (Å²) >= 11 is 2.55. The number of alkyl halides is 3. The van der Waals surface area contributed by atoms with E-state index in [1.807, 2.05) is 6.92 Å². The summed E-state index contributed by atoms with van der Waals surface area (Å²) in [6.07, 6.45) is -3.86. The maximum atomic E-state index is 13.2. The fraction of sp³-hybridized carbons (Fsp3) is 0.435. The quantitative estimate of drug-likeness (QED) is 0.362. The maximum Gasteiger partial charge on any atom is 0.416 e. The van der Waals surface area contributed by atoms with E-state index in [9.17, 15) is 27.9 Å². The Bertz CT molecular complexity index is 1250. The fourth-order valence-electron chi connectivity index (χ4n) is 3.86. The molecule has 0 bridgehead atoms. The van der Waals surface area contributed by atoms with Crippen molar-refractivity contribution in [2.45, 2.75) is 51.9 Å². The second-order valence-electron chi connectivity index (χ2n) is 8.42. The summed E-state index contributed by atoms with van der Waals surface area (Å²) in [5, 5.41) is 16.7. The summed E-state index contributed by atoms with van der Waals surface area (Å²) in [4.78, 5) is 30.8. The maximum absolute atomic E-state index is 13.2. The summed E-state index contributed by atoms with van der Waals surface area (Å²) in [6, 6.07) is 3.76. The molecule has 35 heavy (non-hydrogen) atoms. The van der Waals surface area contributed by atoms with Crippen molar-refractivity contribution in [1.82, 2.24) is 15.2 Å². The Hall–Kier alpha value is -2.70. The normalized spacial score (nSPS) is 14.7. The molecule has 1 atom stereocenters. The predicted octanol–water partition coefficient (Wildman–Crippen LogP) is 5.80. The molecular weight excluding hydrogens is 501 g/mol. The van der Waals surface area contributed by atoms with Crippen LogP contribution in [0.3, 0.4) is 0 Å². The van der Waals surface area contributed by atoms with Gasteiger partial charge in [-0.2, -0.15) is 13.2 Å². The number of amides is 2. The van der Waals surface area contributed by atoms with Crippen LogP contribution in [-0.2, 0) is 23.9 Å². The van der Waals surface area contributed by atoms with Crippen LogP contribution in [0.2, 0.25) is 0 Å². The van der Waals surface area contributed by atoms with Crippen LogP contribution in [0, 0.1) is 0 Å². The molecule has 188 valence electrons. The van der Waals surface area contributed by atoms with E-state index < -0.39 is 17.8 Å². The first-order chi connectivity index (χ1) is 16.6. The summed E-state index contributed by atoms with van der Waals surface area (Å²) in [5.41, 5.74) is 1.02. The molecule has 2 aromatic heterocycles. The first-order valence-corrected chi connectivity index (χ1v) is 12.8. The Balaban J connectivity index is 1.68. The molecule has 1 aliphatic rings. The molecule has 3 heterocycles. The lowest BCUT2D eigenvalue weighted by Gasteiger charge is -2.24. The molecule has 0 saturated heterocycles. The number of carbonyl (C=O) groups excluding carboxylic acids is 1. The van der Waals surface area contributed by atoms with Gasteiger partial charge in [-0.1, -0.05) is 6.92 Å². The Kier molecular flexibility index (Phi) is 7.34. The van der Waals surface area contributed by atoms with Crippen LogP contribution >= 0.6 is 22.7 Å². The van der Waals surface area contributed by atoms with E-state index in [0.717, 1.165) is 29.0 Å². The Labute approximate surface area is 208 Å². The van der Waals surface area contributed by atoms with Gasteiger partial charge in [0.15, 0.2) is 0 Å². The molecule has 1 aliphatic heterocycles. The van der Waals surface area contributed by atoms with Gasteiger partial charge in [-0.3, -0.25) is 4.79 Å². The molecule has 3 aromatic rings. The molecule has 0 aliphatic carbocycles. The van der Waals surface area contributed by atoms with Gasteiger partial charge in [0.25, 0.3) is 0 Å². The second kappa shape index (κ2) is 10.1. The Morgan fingerprint density at radius 1 is 1.29 bits per heavy atom. The molecular formula is C23H25F3N4O3S2. The summed E-state index contributed by atoms with van der Waals surface area (Å²) in [5.74, 6) is -0.198. The first-order valence-electron chi connectivity index (χ1n) is 11.2. The first kappa shape index (κ1) is 25.4. The molecule has 2 amide bonds. The highest BCUT2D eigenvalue weighted by molar-refractivity contribution is 7.23. The van der Waals surface area contributed by atoms with Crippen LogP contribution in [-0.4, -0.2) is 46.1 Å². The second-order valence-corrected chi connectivity index (χ2v) is 10.6. The largest absolute Gasteiger partial charge is 0.465 e. The molecule has 0 spiro atoms. The van der Waals surface area contributed by atoms with E-state index >= 15 is 0 Å². The number of carbonyl (C=O) groups is 2. The van der Waals surface area contributed by atoms with Crippen molar-refractivity contribution in [3.05, 3.63) is 34.2 Å². The number of fused-ring (bicyclic) bond motifs is 2. The lowest BCUT2D eigenvalue weighted by Crippen LogP contribution is -2.34. The number of aromatic nitrogens is 1. The number of carboxylic acid groups (broad SMARTS) is 1. The molecule has 7 nitrogen and oxygen atoms in total. The van der Waals surface area contributed by atoms with E-state index in [-0.39, 0.29) is 24.4 Å². The van der Waals surface area contributed by atoms with Gasteiger partial charge < -0.3 is 20.6 Å². The molecule has 1 unspecified atom stereocenters. The highest BCUT2D eigenvalue weighted by Gasteiger charge is 2.32. The highest BCUT2D eigenvalue weighted by Crippen LogP contribution is 2.46. The molecule has 12 heteroatoms. The van der Waals surface area contributed by atoms with Crippen LogP contribution in [0.5, 0.6) is 0 Å². The number of hydrogen-bond acceptors (Lipinski definition) is 6. The van der Waals surface area contributed by atoms with Crippen molar-refractivity contribution in [2.24, 2.45) is 0 Å². The SMILES string of the molecule is CCC(C)NCCC(=O)Nc1sc2c(c1-c1nc3cc(C(F)(F)F)ccc3s1)CCN(C(=O)O)C2. The number of rotatable bonds is 7. The van der Waals surface area contributed by atoms with Crippen molar-refractivity contribution >= 4 is 49.9 Å². The lowest BCUT2D eigenvalue weighted by atomic mass is 10.0. The zero-order chi connectivity index (χ0) is 25.3. The van der Waals surface area contributed by atoms with Crippen molar-refractivity contribution in [2.75, 3.05) is 18.4 Å². The Morgan fingerprint density at radius 3 is 2.74 bits per heavy atom. The molecule has 4 rings (SSSR count). The smallest absolute Gasteiger partial charge is 0.416 e.